The minimum atomic E-state index is -1.02. The average Bonchev–Trinajstić information content (AvgIpc) is 3.17. The smallest absolute Gasteiger partial charge is 0.336 e. The van der Waals surface area contributed by atoms with E-state index < -0.39 is 5.97 Å². The van der Waals surface area contributed by atoms with Gasteiger partial charge < -0.3 is 19.0 Å². The van der Waals surface area contributed by atoms with Crippen molar-refractivity contribution < 1.29 is 23.8 Å². The van der Waals surface area contributed by atoms with Crippen LogP contribution >= 0.6 is 0 Å². The largest absolute Gasteiger partial charge is 0.490 e. The van der Waals surface area contributed by atoms with Crippen LogP contribution in [0.3, 0.4) is 0 Å². The Kier molecular flexibility index (Phi) is 7.33. The van der Waals surface area contributed by atoms with Crippen LogP contribution in [0, 0.1) is 19.8 Å². The summed E-state index contributed by atoms with van der Waals surface area (Å²) in [6.07, 6.45) is 1.81. The molecule has 4 aromatic rings. The molecule has 1 atom stereocenters. The first-order valence-electron chi connectivity index (χ1n) is 11.3. The molecule has 6 nitrogen and oxygen atoms in total. The van der Waals surface area contributed by atoms with Crippen LogP contribution in [0.5, 0.6) is 5.75 Å². The quantitative estimate of drug-likeness (QED) is 0.374. The van der Waals surface area contributed by atoms with Crippen molar-refractivity contribution in [1.82, 2.24) is 4.98 Å². The number of fused-ring (bicyclic) bond motifs is 2. The maximum absolute atomic E-state index is 12.4. The Labute approximate surface area is 220 Å². The number of aromatic carboxylic acids is 1. The Bertz CT molecular complexity index is 1360. The fourth-order valence-corrected chi connectivity index (χ4v) is 4.73. The van der Waals surface area contributed by atoms with Crippen molar-refractivity contribution in [1.29, 1.82) is 0 Å². The van der Waals surface area contributed by atoms with Crippen LogP contribution in [0.25, 0.3) is 33.3 Å². The van der Waals surface area contributed by atoms with Crippen molar-refractivity contribution >= 4 is 57.4 Å². The first kappa shape index (κ1) is 24.7. The summed E-state index contributed by atoms with van der Waals surface area (Å²) in [5.74, 6) is 0.481. The number of pyridine rings is 1. The number of aromatic nitrogens is 1. The van der Waals surface area contributed by atoms with Gasteiger partial charge in [0.2, 0.25) is 0 Å². The van der Waals surface area contributed by atoms with E-state index in [0.29, 0.717) is 34.0 Å². The van der Waals surface area contributed by atoms with Crippen LogP contribution in [0.15, 0.2) is 46.9 Å². The van der Waals surface area contributed by atoms with E-state index in [4.69, 9.17) is 18.9 Å². The molecule has 0 unspecified atom stereocenters. The molecular weight excluding hydrogens is 441 g/mol. The van der Waals surface area contributed by atoms with Crippen LogP contribution in [-0.2, 0) is 4.74 Å². The summed E-state index contributed by atoms with van der Waals surface area (Å²) in [7, 11) is 0. The predicted octanol–water partition coefficient (Wildman–Crippen LogP) is 5.78. The van der Waals surface area contributed by atoms with E-state index in [0.717, 1.165) is 48.2 Å². The molecule has 0 aliphatic carbocycles. The summed E-state index contributed by atoms with van der Waals surface area (Å²) in [6.45, 7) is 7.41. The summed E-state index contributed by atoms with van der Waals surface area (Å²) in [4.78, 5) is 17.2. The summed E-state index contributed by atoms with van der Waals surface area (Å²) in [5.41, 5.74) is 3.85. The summed E-state index contributed by atoms with van der Waals surface area (Å²) in [5, 5.41) is 11.6. The van der Waals surface area contributed by atoms with Crippen molar-refractivity contribution in [2.24, 2.45) is 5.92 Å². The monoisotopic (exact) mass is 468 g/mol. The molecule has 1 saturated heterocycles. The first-order chi connectivity index (χ1) is 15.9. The normalized spacial score (nSPS) is 15.3. The number of hydrogen-bond acceptors (Lipinski definition) is 5. The van der Waals surface area contributed by atoms with Crippen molar-refractivity contribution in [3.8, 4) is 17.2 Å². The second-order valence-corrected chi connectivity index (χ2v) is 8.79. The number of aryl methyl sites for hydroxylation is 2. The van der Waals surface area contributed by atoms with Crippen molar-refractivity contribution in [3.05, 3.63) is 59.2 Å². The molecule has 0 spiro atoms. The van der Waals surface area contributed by atoms with Gasteiger partial charge in [0.05, 0.1) is 22.6 Å². The van der Waals surface area contributed by atoms with E-state index in [1.54, 1.807) is 6.07 Å². The molecule has 5 rings (SSSR count). The third kappa shape index (κ3) is 4.48. The number of carbonyl (C=O) groups is 1. The van der Waals surface area contributed by atoms with E-state index in [-0.39, 0.29) is 41.2 Å². The minimum absolute atomic E-state index is 0. The number of rotatable bonds is 5. The van der Waals surface area contributed by atoms with Gasteiger partial charge in [-0.3, -0.25) is 0 Å². The molecule has 0 saturated carbocycles. The van der Waals surface area contributed by atoms with Gasteiger partial charge in [0.1, 0.15) is 17.0 Å². The molecule has 7 heteroatoms. The maximum Gasteiger partial charge on any atom is 0.336 e. The number of furan rings is 1. The second kappa shape index (κ2) is 10.1. The Hall–Kier alpha value is -2.38. The van der Waals surface area contributed by atoms with Crippen LogP contribution in [0.1, 0.15) is 41.3 Å². The third-order valence-electron chi connectivity index (χ3n) is 6.67. The topological polar surface area (TPSA) is 81.8 Å². The van der Waals surface area contributed by atoms with Gasteiger partial charge >= 0.3 is 5.97 Å². The van der Waals surface area contributed by atoms with E-state index in [1.807, 2.05) is 57.2 Å². The van der Waals surface area contributed by atoms with E-state index >= 15 is 0 Å². The summed E-state index contributed by atoms with van der Waals surface area (Å²) >= 11 is 0. The van der Waals surface area contributed by atoms with Gasteiger partial charge in [0.25, 0.3) is 0 Å². The third-order valence-corrected chi connectivity index (χ3v) is 6.67. The van der Waals surface area contributed by atoms with Gasteiger partial charge in [-0.25, -0.2) is 9.78 Å². The zero-order chi connectivity index (χ0) is 23.1. The van der Waals surface area contributed by atoms with Crippen molar-refractivity contribution in [2.75, 3.05) is 13.2 Å². The molecule has 3 heterocycles. The van der Waals surface area contributed by atoms with E-state index in [2.05, 4.69) is 0 Å². The van der Waals surface area contributed by atoms with E-state index in [1.165, 1.54) is 0 Å². The SMILES string of the molecule is Cc1c(-c2cc(C(=O)O)c3c(O[C@@H](C)C4CCOCC4)ccc(C)c3n2)oc2ccccc12.[Na]. The Morgan fingerprint density at radius 3 is 2.59 bits per heavy atom. The molecular formula is C27H27NNaO5. The van der Waals surface area contributed by atoms with Crippen molar-refractivity contribution in [2.45, 2.75) is 39.7 Å². The standard InChI is InChI=1S/C27H27NO5.Na/c1-15-8-9-23(32-17(3)18-10-12-31-13-11-18)24-20(27(29)30)14-21(28-25(15)24)26-16(2)19-6-4-5-7-22(19)33-26;/h4-9,14,17-18H,10-13H2,1-3H3,(H,29,30);/t17-;/m0./s1. The first-order valence-corrected chi connectivity index (χ1v) is 11.3. The molecule has 1 aliphatic rings. The van der Waals surface area contributed by atoms with Gasteiger partial charge in [-0.15, -0.1) is 0 Å². The number of nitrogens with zero attached hydrogens (tertiary/aromatic N) is 1. The molecule has 1 aliphatic heterocycles. The van der Waals surface area contributed by atoms with Crippen LogP contribution in [0.4, 0.5) is 0 Å². The maximum atomic E-state index is 12.4. The Balaban J connectivity index is 0.00000274. The molecule has 1 N–H and O–H groups in total. The van der Waals surface area contributed by atoms with Gasteiger partial charge in [0, 0.05) is 53.7 Å². The molecule has 2 aromatic heterocycles. The van der Waals surface area contributed by atoms with Gasteiger partial charge in [-0.05, 0) is 63.3 Å². The van der Waals surface area contributed by atoms with E-state index in [9.17, 15) is 9.90 Å². The number of ether oxygens (including phenoxy) is 2. The number of carboxylic acids is 1. The summed E-state index contributed by atoms with van der Waals surface area (Å²) in [6, 6.07) is 13.2. The second-order valence-electron chi connectivity index (χ2n) is 8.79. The molecule has 1 radical (unpaired) electrons. The van der Waals surface area contributed by atoms with Crippen molar-refractivity contribution in [3.63, 3.8) is 0 Å². The number of para-hydroxylation sites is 1. The number of carboxylic acid groups (broad SMARTS) is 1. The molecule has 34 heavy (non-hydrogen) atoms. The van der Waals surface area contributed by atoms with Gasteiger partial charge in [-0.2, -0.15) is 0 Å². The zero-order valence-electron chi connectivity index (χ0n) is 20.1. The van der Waals surface area contributed by atoms with Crippen LogP contribution in [0.2, 0.25) is 0 Å². The average molecular weight is 469 g/mol. The zero-order valence-corrected chi connectivity index (χ0v) is 22.1. The Morgan fingerprint density at radius 1 is 1.15 bits per heavy atom. The summed E-state index contributed by atoms with van der Waals surface area (Å²) < 4.78 is 17.9. The Morgan fingerprint density at radius 2 is 1.88 bits per heavy atom. The predicted molar refractivity (Wildman–Crippen MR) is 133 cm³/mol. The molecule has 171 valence electrons. The fourth-order valence-electron chi connectivity index (χ4n) is 4.73. The van der Waals surface area contributed by atoms with Gasteiger partial charge in [0.15, 0.2) is 5.76 Å². The molecule has 2 aromatic carbocycles. The van der Waals surface area contributed by atoms with Gasteiger partial charge in [-0.1, -0.05) is 24.3 Å². The van der Waals surface area contributed by atoms with Crippen LogP contribution < -0.4 is 4.74 Å². The fraction of sp³-hybridized carbons (Fsp3) is 0.333. The van der Waals surface area contributed by atoms with Crippen LogP contribution in [-0.4, -0.2) is 64.9 Å². The molecule has 0 amide bonds. The minimum Gasteiger partial charge on any atom is -0.490 e. The number of hydrogen-bond donors (Lipinski definition) is 1. The molecule has 0 bridgehead atoms. The number of benzene rings is 2. The molecule has 1 fully saturated rings.